The lowest BCUT2D eigenvalue weighted by molar-refractivity contribution is 0.180. The van der Waals surface area contributed by atoms with Crippen LogP contribution in [0.25, 0.3) is 22.2 Å². The maximum absolute atomic E-state index is 11.8. The number of piperazine rings is 1. The van der Waals surface area contributed by atoms with Crippen molar-refractivity contribution in [2.45, 2.75) is 6.04 Å². The Balaban J connectivity index is 1.71. The number of nitrogens with one attached hydrogen (secondary N) is 3. The fourth-order valence-corrected chi connectivity index (χ4v) is 4.28. The van der Waals surface area contributed by atoms with Gasteiger partial charge in [0.2, 0.25) is 0 Å². The molecule has 8 nitrogen and oxygen atoms in total. The first-order chi connectivity index (χ1) is 14.2. The third kappa shape index (κ3) is 2.84. The number of nitrogens with zero attached hydrogens (tertiary/aromatic N) is 3. The standard InChI is InChI=1S/C21H22N6O2/c1-22-16-8-12(14-4-3-5-15-19(14)26-21(28)25-15)9-17-18(16)20(23-2)27-7-6-24-10-13(27)11-29-17/h3-5,8-9,13,24H,1,6-7,10-11H2,2H3,(H2,25,26,28)/t13-/m0/s1. The number of imidazole rings is 1. The number of aliphatic imine (C=N–C) groups is 2. The maximum Gasteiger partial charge on any atom is 0.323 e. The molecule has 0 radical (unpaired) electrons. The summed E-state index contributed by atoms with van der Waals surface area (Å²) in [4.78, 5) is 28.7. The van der Waals surface area contributed by atoms with E-state index in [1.807, 2.05) is 30.3 Å². The highest BCUT2D eigenvalue weighted by molar-refractivity contribution is 6.07. The maximum atomic E-state index is 11.8. The molecule has 2 aromatic carbocycles. The molecule has 3 aromatic rings. The van der Waals surface area contributed by atoms with Gasteiger partial charge in [-0.3, -0.25) is 9.98 Å². The van der Waals surface area contributed by atoms with Crippen molar-refractivity contribution in [2.75, 3.05) is 33.3 Å². The molecular formula is C21H22N6O2. The van der Waals surface area contributed by atoms with E-state index in [4.69, 9.17) is 4.74 Å². The predicted molar refractivity (Wildman–Crippen MR) is 115 cm³/mol. The Kier molecular flexibility index (Phi) is 4.21. The lowest BCUT2D eigenvalue weighted by Gasteiger charge is -2.36. The number of ether oxygens (including phenoxy) is 1. The second-order valence-corrected chi connectivity index (χ2v) is 7.24. The Morgan fingerprint density at radius 1 is 1.28 bits per heavy atom. The molecule has 2 aliphatic heterocycles. The highest BCUT2D eigenvalue weighted by atomic mass is 16.5. The third-order valence-electron chi connectivity index (χ3n) is 5.60. The number of aromatic amines is 2. The summed E-state index contributed by atoms with van der Waals surface area (Å²) in [6, 6.07) is 9.94. The molecule has 1 aromatic heterocycles. The summed E-state index contributed by atoms with van der Waals surface area (Å²) in [5.74, 6) is 1.61. The first-order valence-electron chi connectivity index (χ1n) is 9.63. The van der Waals surface area contributed by atoms with Gasteiger partial charge in [-0.1, -0.05) is 12.1 Å². The molecule has 0 bridgehead atoms. The number of fused-ring (bicyclic) bond motifs is 3. The quantitative estimate of drug-likeness (QED) is 0.582. The zero-order valence-electron chi connectivity index (χ0n) is 16.2. The summed E-state index contributed by atoms with van der Waals surface area (Å²) >= 11 is 0. The number of hydrogen-bond donors (Lipinski definition) is 3. The molecule has 0 aliphatic carbocycles. The monoisotopic (exact) mass is 390 g/mol. The van der Waals surface area contributed by atoms with Gasteiger partial charge in [0.25, 0.3) is 0 Å². The molecule has 0 saturated carbocycles. The summed E-state index contributed by atoms with van der Waals surface area (Å²) in [6.07, 6.45) is 0. The molecule has 29 heavy (non-hydrogen) atoms. The first-order valence-corrected chi connectivity index (χ1v) is 9.63. The molecular weight excluding hydrogens is 368 g/mol. The van der Waals surface area contributed by atoms with Crippen LogP contribution in [0.4, 0.5) is 5.69 Å². The second kappa shape index (κ2) is 6.89. The summed E-state index contributed by atoms with van der Waals surface area (Å²) < 4.78 is 6.24. The van der Waals surface area contributed by atoms with Gasteiger partial charge in [0.1, 0.15) is 18.2 Å². The van der Waals surface area contributed by atoms with Crippen LogP contribution in [0.1, 0.15) is 5.56 Å². The fraction of sp³-hybridized carbons (Fsp3) is 0.286. The highest BCUT2D eigenvalue weighted by Crippen LogP contribution is 2.39. The van der Waals surface area contributed by atoms with Gasteiger partial charge < -0.3 is 24.9 Å². The van der Waals surface area contributed by atoms with Gasteiger partial charge in [0.05, 0.1) is 28.3 Å². The van der Waals surface area contributed by atoms with Crippen molar-refractivity contribution < 1.29 is 4.74 Å². The van der Waals surface area contributed by atoms with Gasteiger partial charge >= 0.3 is 5.69 Å². The van der Waals surface area contributed by atoms with E-state index >= 15 is 0 Å². The molecule has 0 unspecified atom stereocenters. The van der Waals surface area contributed by atoms with Crippen LogP contribution in [0.2, 0.25) is 0 Å². The number of para-hydroxylation sites is 1. The van der Waals surface area contributed by atoms with Gasteiger partial charge in [0.15, 0.2) is 0 Å². The van der Waals surface area contributed by atoms with Crippen molar-refractivity contribution in [3.05, 3.63) is 46.4 Å². The van der Waals surface area contributed by atoms with Gasteiger partial charge in [-0.05, 0) is 30.5 Å². The average molecular weight is 390 g/mol. The van der Waals surface area contributed by atoms with Gasteiger partial charge in [-0.2, -0.15) is 0 Å². The normalized spacial score (nSPS) is 20.1. The Labute approximate surface area is 167 Å². The van der Waals surface area contributed by atoms with E-state index in [0.29, 0.717) is 12.3 Å². The second-order valence-electron chi connectivity index (χ2n) is 7.24. The number of aromatic nitrogens is 2. The highest BCUT2D eigenvalue weighted by Gasteiger charge is 2.33. The summed E-state index contributed by atoms with van der Waals surface area (Å²) in [5.41, 5.74) is 4.67. The van der Waals surface area contributed by atoms with E-state index in [1.165, 1.54) is 0 Å². The smallest absolute Gasteiger partial charge is 0.323 e. The van der Waals surface area contributed by atoms with Crippen molar-refractivity contribution in [3.63, 3.8) is 0 Å². The van der Waals surface area contributed by atoms with Crippen LogP contribution >= 0.6 is 0 Å². The van der Waals surface area contributed by atoms with Crippen molar-refractivity contribution in [3.8, 4) is 16.9 Å². The minimum absolute atomic E-state index is 0.209. The van der Waals surface area contributed by atoms with Crippen molar-refractivity contribution in [1.82, 2.24) is 20.2 Å². The van der Waals surface area contributed by atoms with Crippen LogP contribution < -0.4 is 15.7 Å². The van der Waals surface area contributed by atoms with E-state index in [1.54, 1.807) is 7.05 Å². The van der Waals surface area contributed by atoms with Crippen LogP contribution in [-0.4, -0.2) is 66.8 Å². The van der Waals surface area contributed by atoms with Crippen molar-refractivity contribution >= 4 is 29.3 Å². The van der Waals surface area contributed by atoms with E-state index in [2.05, 4.69) is 36.9 Å². The van der Waals surface area contributed by atoms with Crippen LogP contribution in [0, 0.1) is 0 Å². The third-order valence-corrected chi connectivity index (χ3v) is 5.60. The zero-order chi connectivity index (χ0) is 20.0. The Morgan fingerprint density at radius 3 is 3.00 bits per heavy atom. The number of rotatable bonds is 2. The zero-order valence-corrected chi connectivity index (χ0v) is 16.2. The number of benzene rings is 2. The Morgan fingerprint density at radius 2 is 2.17 bits per heavy atom. The van der Waals surface area contributed by atoms with Crippen molar-refractivity contribution in [1.29, 1.82) is 0 Å². The molecule has 0 spiro atoms. The fourth-order valence-electron chi connectivity index (χ4n) is 4.28. The van der Waals surface area contributed by atoms with Gasteiger partial charge in [-0.25, -0.2) is 4.79 Å². The summed E-state index contributed by atoms with van der Waals surface area (Å²) in [5, 5.41) is 3.42. The van der Waals surface area contributed by atoms with Crippen LogP contribution in [0.3, 0.4) is 0 Å². The van der Waals surface area contributed by atoms with Crippen LogP contribution in [0.5, 0.6) is 5.75 Å². The molecule has 3 heterocycles. The predicted octanol–water partition coefficient (Wildman–Crippen LogP) is 1.90. The van der Waals surface area contributed by atoms with Crippen LogP contribution in [-0.2, 0) is 0 Å². The molecule has 5 rings (SSSR count). The molecule has 1 atom stereocenters. The summed E-state index contributed by atoms with van der Waals surface area (Å²) in [7, 11) is 1.80. The lowest BCUT2D eigenvalue weighted by Crippen LogP contribution is -2.55. The van der Waals surface area contributed by atoms with Gasteiger partial charge in [-0.15, -0.1) is 0 Å². The van der Waals surface area contributed by atoms with Crippen LogP contribution in [0.15, 0.2) is 45.1 Å². The number of hydrogen-bond acceptors (Lipinski definition) is 5. The number of H-pyrrole nitrogens is 2. The minimum atomic E-state index is -0.231. The van der Waals surface area contributed by atoms with Crippen molar-refractivity contribution in [2.24, 2.45) is 9.98 Å². The summed E-state index contributed by atoms with van der Waals surface area (Å²) in [6.45, 7) is 6.96. The Hall–Kier alpha value is -3.39. The first kappa shape index (κ1) is 17.7. The van der Waals surface area contributed by atoms with Gasteiger partial charge in [0, 0.05) is 32.2 Å². The molecule has 3 N–H and O–H groups in total. The average Bonchev–Trinajstić information content (AvgIpc) is 3.05. The molecule has 8 heteroatoms. The topological polar surface area (TPSA) is 97.9 Å². The molecule has 148 valence electrons. The molecule has 1 fully saturated rings. The lowest BCUT2D eigenvalue weighted by atomic mass is 9.99. The number of amidine groups is 1. The van der Waals surface area contributed by atoms with E-state index in [0.717, 1.165) is 58.9 Å². The molecule has 1 saturated heterocycles. The minimum Gasteiger partial charge on any atom is -0.491 e. The molecule has 2 aliphatic rings. The largest absolute Gasteiger partial charge is 0.491 e. The molecule has 0 amide bonds. The van der Waals surface area contributed by atoms with E-state index in [9.17, 15) is 4.79 Å². The van der Waals surface area contributed by atoms with E-state index in [-0.39, 0.29) is 11.7 Å². The Bertz CT molecular complexity index is 1190. The SMILES string of the molecule is C=Nc1cc(-c2cccc3[nH]c(=O)[nH]c23)cc2c1C(=NC)N1CCNC[C@H]1CO2. The van der Waals surface area contributed by atoms with E-state index < -0.39 is 0 Å².